The van der Waals surface area contributed by atoms with Crippen LogP contribution in [0.5, 0.6) is 11.5 Å². The minimum absolute atomic E-state index is 0.0492. The second kappa shape index (κ2) is 10.9. The van der Waals surface area contributed by atoms with Crippen molar-refractivity contribution in [2.45, 2.75) is 30.9 Å². The van der Waals surface area contributed by atoms with Gasteiger partial charge < -0.3 is 19.5 Å². The van der Waals surface area contributed by atoms with Crippen molar-refractivity contribution in [1.82, 2.24) is 4.90 Å². The van der Waals surface area contributed by atoms with Crippen molar-refractivity contribution in [1.29, 1.82) is 0 Å². The molecule has 0 radical (unpaired) electrons. The van der Waals surface area contributed by atoms with Crippen LogP contribution in [0.4, 0.5) is 0 Å². The summed E-state index contributed by atoms with van der Waals surface area (Å²) in [5, 5.41) is 11.9. The first-order chi connectivity index (χ1) is 17.6. The van der Waals surface area contributed by atoms with Crippen molar-refractivity contribution in [2.24, 2.45) is 10.9 Å². The van der Waals surface area contributed by atoms with Crippen LogP contribution in [0.1, 0.15) is 30.4 Å². The summed E-state index contributed by atoms with van der Waals surface area (Å²) in [6.45, 7) is 3.39. The van der Waals surface area contributed by atoms with Crippen LogP contribution in [0.15, 0.2) is 65.7 Å². The van der Waals surface area contributed by atoms with Gasteiger partial charge in [0, 0.05) is 42.4 Å². The molecule has 6 heteroatoms. The van der Waals surface area contributed by atoms with Crippen molar-refractivity contribution in [3.8, 4) is 23.8 Å². The maximum atomic E-state index is 11.2. The van der Waals surface area contributed by atoms with Crippen LogP contribution in [-0.4, -0.2) is 55.1 Å². The molecule has 0 aliphatic carbocycles. The van der Waals surface area contributed by atoms with Gasteiger partial charge in [0.05, 0.1) is 11.6 Å². The smallest absolute Gasteiger partial charge is 0.148 e. The Labute approximate surface area is 218 Å². The third-order valence-electron chi connectivity index (χ3n) is 7.32. The highest BCUT2D eigenvalue weighted by molar-refractivity contribution is 6.30. The summed E-state index contributed by atoms with van der Waals surface area (Å²) < 4.78 is 11.8. The van der Waals surface area contributed by atoms with Gasteiger partial charge in [0.25, 0.3) is 0 Å². The Morgan fingerprint density at radius 2 is 2.03 bits per heavy atom. The van der Waals surface area contributed by atoms with E-state index in [0.29, 0.717) is 24.5 Å². The van der Waals surface area contributed by atoms with Crippen molar-refractivity contribution in [2.75, 3.05) is 32.8 Å². The number of hydrogen-bond acceptors (Lipinski definition) is 5. The normalized spacial score (nSPS) is 23.8. The number of aliphatic imine (C=N–C) groups is 1. The van der Waals surface area contributed by atoms with Gasteiger partial charge in [-0.1, -0.05) is 41.8 Å². The highest BCUT2D eigenvalue weighted by Gasteiger charge is 2.34. The van der Waals surface area contributed by atoms with Crippen molar-refractivity contribution in [3.63, 3.8) is 0 Å². The zero-order valence-electron chi connectivity index (χ0n) is 20.3. The molecule has 0 spiro atoms. The van der Waals surface area contributed by atoms with Gasteiger partial charge in [-0.2, -0.15) is 0 Å². The zero-order chi connectivity index (χ0) is 25.0. The molecule has 0 aromatic heterocycles. The molecule has 0 bridgehead atoms. The topological polar surface area (TPSA) is 54.3 Å². The summed E-state index contributed by atoms with van der Waals surface area (Å²) in [4.78, 5) is 7.11. The van der Waals surface area contributed by atoms with Crippen LogP contribution in [0.3, 0.4) is 0 Å². The zero-order valence-corrected chi connectivity index (χ0v) is 21.0. The van der Waals surface area contributed by atoms with E-state index >= 15 is 0 Å². The van der Waals surface area contributed by atoms with Gasteiger partial charge in [0.15, 0.2) is 0 Å². The fourth-order valence-corrected chi connectivity index (χ4v) is 5.41. The molecule has 1 saturated heterocycles. The Balaban J connectivity index is 1.30. The lowest BCUT2D eigenvalue weighted by Gasteiger charge is -2.38. The van der Waals surface area contributed by atoms with Gasteiger partial charge in [-0.3, -0.25) is 4.99 Å². The largest absolute Gasteiger partial charge is 0.491 e. The minimum atomic E-state index is -0.788. The summed E-state index contributed by atoms with van der Waals surface area (Å²) in [6.07, 6.45) is 16.1. The number of hydrogen-bond donors (Lipinski definition) is 1. The van der Waals surface area contributed by atoms with Crippen LogP contribution in [0, 0.1) is 18.3 Å². The van der Waals surface area contributed by atoms with Crippen molar-refractivity contribution >= 4 is 23.4 Å². The van der Waals surface area contributed by atoms with E-state index in [-0.39, 0.29) is 18.6 Å². The second-order valence-electron chi connectivity index (χ2n) is 9.57. The molecule has 5 nitrogen and oxygen atoms in total. The van der Waals surface area contributed by atoms with Gasteiger partial charge in [-0.05, 0) is 66.8 Å². The van der Waals surface area contributed by atoms with Crippen molar-refractivity contribution in [3.05, 3.63) is 76.8 Å². The molecule has 1 fully saturated rings. The summed E-state index contributed by atoms with van der Waals surface area (Å²) >= 11 is 6.03. The number of allylic oxidation sites excluding steroid dienone is 1. The van der Waals surface area contributed by atoms with Crippen LogP contribution in [0.2, 0.25) is 5.02 Å². The monoisotopic (exact) mass is 502 g/mol. The molecule has 0 amide bonds. The lowest BCUT2D eigenvalue weighted by Crippen LogP contribution is -2.42. The molecule has 5 rings (SSSR count). The maximum absolute atomic E-state index is 11.2. The van der Waals surface area contributed by atoms with Gasteiger partial charge in [-0.25, -0.2) is 0 Å². The number of nitrogens with zero attached hydrogens (tertiary/aromatic N) is 2. The first kappa shape index (κ1) is 24.6. The van der Waals surface area contributed by atoms with E-state index in [4.69, 9.17) is 27.5 Å². The Morgan fingerprint density at radius 3 is 2.81 bits per heavy atom. The van der Waals surface area contributed by atoms with Gasteiger partial charge in [0.1, 0.15) is 24.7 Å². The van der Waals surface area contributed by atoms with E-state index in [1.165, 1.54) is 5.57 Å². The van der Waals surface area contributed by atoms with Crippen LogP contribution in [0.25, 0.3) is 5.57 Å². The number of dihydropyridines is 1. The first-order valence-electron chi connectivity index (χ1n) is 12.5. The third kappa shape index (κ3) is 5.37. The molecular weight excluding hydrogens is 472 g/mol. The molecule has 2 aromatic rings. The molecule has 2 atom stereocenters. The Kier molecular flexibility index (Phi) is 7.48. The Morgan fingerprint density at radius 1 is 1.22 bits per heavy atom. The van der Waals surface area contributed by atoms with E-state index in [9.17, 15) is 5.11 Å². The van der Waals surface area contributed by atoms with E-state index < -0.39 is 5.60 Å². The molecule has 2 aromatic carbocycles. The number of fused-ring (bicyclic) bond motifs is 2. The average Bonchev–Trinajstić information content (AvgIpc) is 3.06. The standard InChI is InChI=1S/C30H31ClN2O3/c1-2-19-35-24-11-12-29-27(20-24)25(26-5-3-15-32-28(26)21-36-29)6-4-16-33-17-13-30(34,14-18-33)22-7-9-23(31)10-8-22/h1,3,5-12,15,20,26,28,34H,4,13-14,16-19,21H2. The number of piperidine rings is 1. The molecular formula is C30H31ClN2O3. The first-order valence-corrected chi connectivity index (χ1v) is 12.9. The number of likely N-dealkylation sites (tertiary alicyclic amines) is 1. The van der Waals surface area contributed by atoms with Crippen LogP contribution >= 0.6 is 11.6 Å². The predicted molar refractivity (Wildman–Crippen MR) is 145 cm³/mol. The molecule has 0 saturated carbocycles. The molecule has 186 valence electrons. The average molecular weight is 503 g/mol. The van der Waals surface area contributed by atoms with E-state index in [1.807, 2.05) is 54.8 Å². The number of ether oxygens (including phenoxy) is 2. The highest BCUT2D eigenvalue weighted by atomic mass is 35.5. The summed E-state index contributed by atoms with van der Waals surface area (Å²) in [7, 11) is 0. The molecule has 1 N–H and O–H groups in total. The van der Waals surface area contributed by atoms with Gasteiger partial charge in [-0.15, -0.1) is 6.42 Å². The third-order valence-corrected chi connectivity index (χ3v) is 7.58. The maximum Gasteiger partial charge on any atom is 0.148 e. The summed E-state index contributed by atoms with van der Waals surface area (Å²) in [5.74, 6) is 4.26. The molecule has 36 heavy (non-hydrogen) atoms. The summed E-state index contributed by atoms with van der Waals surface area (Å²) in [5.41, 5.74) is 2.41. The van der Waals surface area contributed by atoms with E-state index in [2.05, 4.69) is 28.0 Å². The number of terminal acetylenes is 1. The number of halogens is 1. The lowest BCUT2D eigenvalue weighted by molar-refractivity contribution is -0.0254. The molecule has 2 unspecified atom stereocenters. The SMILES string of the molecule is C#CCOc1ccc2c(c1)C(=CCCN1CCC(O)(c3ccc(Cl)cc3)CC1)C1C=CC=NC1CO2. The fourth-order valence-electron chi connectivity index (χ4n) is 5.28. The predicted octanol–water partition coefficient (Wildman–Crippen LogP) is 5.13. The lowest BCUT2D eigenvalue weighted by atomic mass is 9.84. The number of rotatable bonds is 6. The van der Waals surface area contributed by atoms with Crippen LogP contribution < -0.4 is 9.47 Å². The van der Waals surface area contributed by atoms with Crippen molar-refractivity contribution < 1.29 is 14.6 Å². The second-order valence-corrected chi connectivity index (χ2v) is 10.0. The quantitative estimate of drug-likeness (QED) is 0.557. The van der Waals surface area contributed by atoms with Gasteiger partial charge in [0.2, 0.25) is 0 Å². The van der Waals surface area contributed by atoms with Crippen LogP contribution in [-0.2, 0) is 5.60 Å². The highest BCUT2D eigenvalue weighted by Crippen LogP contribution is 2.41. The summed E-state index contributed by atoms with van der Waals surface area (Å²) in [6, 6.07) is 13.5. The Hall–Kier alpha value is -3.04. The van der Waals surface area contributed by atoms with E-state index in [1.54, 1.807) is 0 Å². The minimum Gasteiger partial charge on any atom is -0.491 e. The number of benzene rings is 2. The fraction of sp³-hybridized carbons (Fsp3) is 0.367. The van der Waals surface area contributed by atoms with E-state index in [0.717, 1.165) is 48.7 Å². The molecule has 3 heterocycles. The Bertz CT molecular complexity index is 1200. The number of aliphatic hydroxyl groups is 1. The molecule has 3 aliphatic rings. The van der Waals surface area contributed by atoms with Gasteiger partial charge >= 0.3 is 0 Å². The molecule has 3 aliphatic heterocycles.